The van der Waals surface area contributed by atoms with Crippen molar-refractivity contribution < 1.29 is 8.91 Å². The first kappa shape index (κ1) is 12.7. The molecule has 0 fully saturated rings. The molecule has 3 rings (SSSR count). The van der Waals surface area contributed by atoms with Gasteiger partial charge >= 0.3 is 0 Å². The predicted molar refractivity (Wildman–Crippen MR) is 76.8 cm³/mol. The maximum Gasteiger partial charge on any atom is 0.230 e. The van der Waals surface area contributed by atoms with Crippen molar-refractivity contribution >= 4 is 17.5 Å². The molecular weight excluding hydrogens is 279 g/mol. The fourth-order valence-corrected chi connectivity index (χ4v) is 2.25. The summed E-state index contributed by atoms with van der Waals surface area (Å²) in [4.78, 5) is 0. The molecule has 3 aromatic rings. The van der Waals surface area contributed by atoms with Crippen molar-refractivity contribution in [1.82, 2.24) is 5.16 Å². The minimum absolute atomic E-state index is 0.144. The zero-order valence-electron chi connectivity index (χ0n) is 10.3. The Labute approximate surface area is 119 Å². The number of nitrogens with two attached hydrogens (primary N) is 1. The summed E-state index contributed by atoms with van der Waals surface area (Å²) in [6.45, 7) is 0. The third kappa shape index (κ3) is 2.26. The minimum Gasteiger partial charge on any atom is -0.367 e. The molecule has 20 heavy (non-hydrogen) atoms. The van der Waals surface area contributed by atoms with Crippen LogP contribution in [0.4, 0.5) is 10.3 Å². The molecular formula is C15H10ClFN2O. The van der Waals surface area contributed by atoms with Crippen molar-refractivity contribution in [3.05, 3.63) is 59.4 Å². The molecule has 2 N–H and O–H groups in total. The molecule has 0 saturated heterocycles. The topological polar surface area (TPSA) is 52.0 Å². The van der Waals surface area contributed by atoms with E-state index in [0.717, 1.165) is 5.56 Å². The lowest BCUT2D eigenvalue weighted by Gasteiger charge is -2.03. The Morgan fingerprint density at radius 3 is 2.55 bits per heavy atom. The van der Waals surface area contributed by atoms with Gasteiger partial charge in [0, 0.05) is 10.6 Å². The van der Waals surface area contributed by atoms with Gasteiger partial charge in [0.05, 0.1) is 5.56 Å². The first-order valence-corrected chi connectivity index (χ1v) is 6.30. The van der Waals surface area contributed by atoms with Crippen LogP contribution >= 0.6 is 11.6 Å². The van der Waals surface area contributed by atoms with Crippen molar-refractivity contribution in [2.45, 2.75) is 0 Å². The van der Waals surface area contributed by atoms with Gasteiger partial charge in [-0.05, 0) is 29.8 Å². The summed E-state index contributed by atoms with van der Waals surface area (Å²) in [5.74, 6) is -0.203. The van der Waals surface area contributed by atoms with Gasteiger partial charge < -0.3 is 10.3 Å². The van der Waals surface area contributed by atoms with Crippen LogP contribution in [0.3, 0.4) is 0 Å². The zero-order valence-corrected chi connectivity index (χ0v) is 11.1. The van der Waals surface area contributed by atoms with Crippen LogP contribution in [0.15, 0.2) is 53.1 Å². The average molecular weight is 289 g/mol. The van der Waals surface area contributed by atoms with Crippen LogP contribution < -0.4 is 5.73 Å². The summed E-state index contributed by atoms with van der Waals surface area (Å²) >= 11 is 5.98. The largest absolute Gasteiger partial charge is 0.367 e. The third-order valence-electron chi connectivity index (χ3n) is 2.93. The van der Waals surface area contributed by atoms with Crippen LogP contribution in [0, 0.1) is 5.82 Å². The number of benzene rings is 2. The Balaban J connectivity index is 2.20. The smallest absolute Gasteiger partial charge is 0.230 e. The highest BCUT2D eigenvalue weighted by atomic mass is 35.5. The molecule has 0 saturated carbocycles. The molecule has 0 spiro atoms. The van der Waals surface area contributed by atoms with Crippen molar-refractivity contribution in [3.8, 4) is 22.4 Å². The van der Waals surface area contributed by atoms with Crippen LogP contribution in [-0.2, 0) is 0 Å². The van der Waals surface area contributed by atoms with Crippen LogP contribution in [0.2, 0.25) is 5.02 Å². The molecule has 0 atom stereocenters. The first-order chi connectivity index (χ1) is 9.65. The van der Waals surface area contributed by atoms with Crippen molar-refractivity contribution in [1.29, 1.82) is 0 Å². The molecule has 1 heterocycles. The fourth-order valence-electron chi connectivity index (χ4n) is 2.06. The van der Waals surface area contributed by atoms with Gasteiger partial charge in [-0.2, -0.15) is 0 Å². The molecule has 0 aliphatic carbocycles. The SMILES string of the molecule is Nc1onc(-c2cccc(Cl)c2)c1-c1cccc(F)c1. The lowest BCUT2D eigenvalue weighted by molar-refractivity contribution is 0.439. The normalized spacial score (nSPS) is 10.7. The number of anilines is 1. The van der Waals surface area contributed by atoms with Gasteiger partial charge in [-0.3, -0.25) is 0 Å². The number of nitrogens with zero attached hydrogens (tertiary/aromatic N) is 1. The fraction of sp³-hybridized carbons (Fsp3) is 0. The second-order valence-corrected chi connectivity index (χ2v) is 4.73. The Morgan fingerprint density at radius 2 is 1.80 bits per heavy atom. The number of aromatic nitrogens is 1. The number of hydrogen-bond donors (Lipinski definition) is 1. The molecule has 5 heteroatoms. The van der Waals surface area contributed by atoms with E-state index in [1.54, 1.807) is 30.3 Å². The second kappa shape index (κ2) is 4.98. The quantitative estimate of drug-likeness (QED) is 0.761. The van der Waals surface area contributed by atoms with Crippen molar-refractivity contribution in [2.75, 3.05) is 5.73 Å². The lowest BCUT2D eigenvalue weighted by Crippen LogP contribution is -1.88. The van der Waals surface area contributed by atoms with E-state index in [-0.39, 0.29) is 11.7 Å². The standard InChI is InChI=1S/C15H10ClFN2O/c16-11-5-1-4-10(7-11)14-13(15(18)20-19-14)9-3-2-6-12(17)8-9/h1-8H,18H2. The van der Waals surface area contributed by atoms with Gasteiger partial charge in [0.2, 0.25) is 5.88 Å². The number of halogens is 2. The summed E-state index contributed by atoms with van der Waals surface area (Å²) in [7, 11) is 0. The molecule has 0 radical (unpaired) electrons. The van der Waals surface area contributed by atoms with Gasteiger partial charge in [0.1, 0.15) is 11.5 Å². The van der Waals surface area contributed by atoms with Crippen LogP contribution in [-0.4, -0.2) is 5.16 Å². The lowest BCUT2D eigenvalue weighted by atomic mass is 10.0. The highest BCUT2D eigenvalue weighted by molar-refractivity contribution is 6.30. The van der Waals surface area contributed by atoms with E-state index < -0.39 is 0 Å². The highest BCUT2D eigenvalue weighted by Gasteiger charge is 2.17. The maximum absolute atomic E-state index is 13.4. The summed E-state index contributed by atoms with van der Waals surface area (Å²) < 4.78 is 18.4. The molecule has 0 aliphatic rings. The summed E-state index contributed by atoms with van der Waals surface area (Å²) in [6, 6.07) is 13.3. The predicted octanol–water partition coefficient (Wildman–Crippen LogP) is 4.38. The Bertz CT molecular complexity index is 770. The summed E-state index contributed by atoms with van der Waals surface area (Å²) in [5, 5.41) is 4.53. The van der Waals surface area contributed by atoms with E-state index in [9.17, 15) is 4.39 Å². The molecule has 2 aromatic carbocycles. The van der Waals surface area contributed by atoms with Gasteiger partial charge in [-0.1, -0.05) is 41.0 Å². The highest BCUT2D eigenvalue weighted by Crippen LogP contribution is 2.36. The zero-order chi connectivity index (χ0) is 14.1. The first-order valence-electron chi connectivity index (χ1n) is 5.92. The van der Waals surface area contributed by atoms with Gasteiger partial charge in [-0.25, -0.2) is 4.39 Å². The summed E-state index contributed by atoms with van der Waals surface area (Å²) in [5.41, 5.74) is 8.28. The Kier molecular flexibility index (Phi) is 3.16. The number of hydrogen-bond acceptors (Lipinski definition) is 3. The monoisotopic (exact) mass is 288 g/mol. The minimum atomic E-state index is -0.347. The van der Waals surface area contributed by atoms with Crippen LogP contribution in [0.25, 0.3) is 22.4 Å². The van der Waals surface area contributed by atoms with E-state index >= 15 is 0 Å². The van der Waals surface area contributed by atoms with Crippen molar-refractivity contribution in [3.63, 3.8) is 0 Å². The molecule has 100 valence electrons. The number of rotatable bonds is 2. The molecule has 0 bridgehead atoms. The summed E-state index contributed by atoms with van der Waals surface area (Å²) in [6.07, 6.45) is 0. The van der Waals surface area contributed by atoms with Crippen molar-refractivity contribution in [2.24, 2.45) is 0 Å². The van der Waals surface area contributed by atoms with Gasteiger partial charge in [0.25, 0.3) is 0 Å². The van der Waals surface area contributed by atoms with Gasteiger partial charge in [0.15, 0.2) is 0 Å². The Hall–Kier alpha value is -2.33. The van der Waals surface area contributed by atoms with E-state index in [2.05, 4.69) is 5.16 Å². The molecule has 3 nitrogen and oxygen atoms in total. The number of nitrogen functional groups attached to an aromatic ring is 1. The second-order valence-electron chi connectivity index (χ2n) is 4.29. The van der Waals surface area contributed by atoms with Crippen LogP contribution in [0.5, 0.6) is 0 Å². The van der Waals surface area contributed by atoms with E-state index in [1.807, 2.05) is 6.07 Å². The average Bonchev–Trinajstić information content (AvgIpc) is 2.80. The third-order valence-corrected chi connectivity index (χ3v) is 3.16. The molecule has 0 aliphatic heterocycles. The molecule has 0 amide bonds. The van der Waals surface area contributed by atoms with Crippen LogP contribution in [0.1, 0.15) is 0 Å². The van der Waals surface area contributed by atoms with E-state index in [1.165, 1.54) is 12.1 Å². The maximum atomic E-state index is 13.4. The van der Waals surface area contributed by atoms with E-state index in [4.69, 9.17) is 21.9 Å². The Morgan fingerprint density at radius 1 is 1.05 bits per heavy atom. The molecule has 0 unspecified atom stereocenters. The van der Waals surface area contributed by atoms with E-state index in [0.29, 0.717) is 21.8 Å². The molecule has 1 aromatic heterocycles. The van der Waals surface area contributed by atoms with Gasteiger partial charge in [-0.15, -0.1) is 0 Å².